The van der Waals surface area contributed by atoms with Gasteiger partial charge in [0.1, 0.15) is 17.8 Å². The lowest BCUT2D eigenvalue weighted by Crippen LogP contribution is -2.29. The fraction of sp³-hybridized carbons (Fsp3) is 0.500. The average Bonchev–Trinajstić information content (AvgIpc) is 2.98. The van der Waals surface area contributed by atoms with Crippen LogP contribution in [-0.4, -0.2) is 25.7 Å². The lowest BCUT2D eigenvalue weighted by atomic mass is 10.3. The van der Waals surface area contributed by atoms with Crippen LogP contribution in [-0.2, 0) is 6.54 Å². The molecule has 0 saturated carbocycles. The lowest BCUT2D eigenvalue weighted by Gasteiger charge is -2.13. The molecule has 7 heteroatoms. The van der Waals surface area contributed by atoms with E-state index in [-0.39, 0.29) is 11.9 Å². The van der Waals surface area contributed by atoms with Crippen LogP contribution in [0.4, 0.5) is 0 Å². The summed E-state index contributed by atoms with van der Waals surface area (Å²) in [6.07, 6.45) is 2.49. The molecule has 1 N–H and O–H groups in total. The zero-order valence-corrected chi connectivity index (χ0v) is 12.1. The van der Waals surface area contributed by atoms with Crippen molar-refractivity contribution < 1.29 is 4.79 Å². The number of aryl methyl sites for hydroxylation is 2. The Bertz CT molecular complexity index is 562. The van der Waals surface area contributed by atoms with E-state index in [9.17, 15) is 4.79 Å². The van der Waals surface area contributed by atoms with E-state index in [1.807, 2.05) is 18.5 Å². The molecule has 2 heterocycles. The molecule has 0 spiro atoms. The predicted octanol–water partition coefficient (Wildman–Crippen LogP) is 1.94. The number of nitrogens with one attached hydrogen (secondary N) is 1. The highest BCUT2D eigenvalue weighted by atomic mass is 32.1. The quantitative estimate of drug-likeness (QED) is 0.908. The Hall–Kier alpha value is -1.76. The second-order valence-corrected chi connectivity index (χ2v) is 5.35. The molecule has 2 aromatic rings. The van der Waals surface area contributed by atoms with Crippen molar-refractivity contribution in [2.45, 2.75) is 39.8 Å². The van der Waals surface area contributed by atoms with E-state index in [1.54, 1.807) is 5.38 Å². The van der Waals surface area contributed by atoms with Gasteiger partial charge in [0.2, 0.25) is 0 Å². The first-order chi connectivity index (χ1) is 9.11. The second-order valence-electron chi connectivity index (χ2n) is 4.29. The predicted molar refractivity (Wildman–Crippen MR) is 73.0 cm³/mol. The van der Waals surface area contributed by atoms with Crippen LogP contribution in [0.3, 0.4) is 0 Å². The summed E-state index contributed by atoms with van der Waals surface area (Å²) in [5.41, 5.74) is 0.455. The van der Waals surface area contributed by atoms with Gasteiger partial charge in [-0.2, -0.15) is 5.10 Å². The van der Waals surface area contributed by atoms with E-state index in [4.69, 9.17) is 0 Å². The third-order valence-corrected chi connectivity index (χ3v) is 3.44. The van der Waals surface area contributed by atoms with Crippen LogP contribution < -0.4 is 5.32 Å². The van der Waals surface area contributed by atoms with Gasteiger partial charge in [0.05, 0.1) is 11.0 Å². The Morgan fingerprint density at radius 1 is 1.58 bits per heavy atom. The molecule has 0 aliphatic heterocycles. The Kier molecular flexibility index (Phi) is 4.26. The van der Waals surface area contributed by atoms with Crippen LogP contribution >= 0.6 is 11.3 Å². The normalized spacial score (nSPS) is 12.4. The zero-order chi connectivity index (χ0) is 13.8. The van der Waals surface area contributed by atoms with Crippen molar-refractivity contribution >= 4 is 17.2 Å². The van der Waals surface area contributed by atoms with Crippen molar-refractivity contribution in [1.29, 1.82) is 0 Å². The summed E-state index contributed by atoms with van der Waals surface area (Å²) < 4.78 is 1.82. The number of carbonyl (C=O) groups excluding carboxylic acids is 1. The van der Waals surface area contributed by atoms with Gasteiger partial charge in [-0.05, 0) is 20.3 Å². The third-order valence-electron chi connectivity index (χ3n) is 2.67. The summed E-state index contributed by atoms with van der Waals surface area (Å²) in [6.45, 7) is 6.65. The summed E-state index contributed by atoms with van der Waals surface area (Å²) in [6, 6.07) is -0.191. The molecule has 19 heavy (non-hydrogen) atoms. The van der Waals surface area contributed by atoms with Crippen LogP contribution in [0.15, 0.2) is 11.7 Å². The van der Waals surface area contributed by atoms with Crippen molar-refractivity contribution in [3.05, 3.63) is 28.2 Å². The molecule has 102 valence electrons. The van der Waals surface area contributed by atoms with Gasteiger partial charge >= 0.3 is 0 Å². The van der Waals surface area contributed by atoms with Crippen molar-refractivity contribution in [2.75, 3.05) is 0 Å². The van der Waals surface area contributed by atoms with E-state index in [0.29, 0.717) is 5.69 Å². The van der Waals surface area contributed by atoms with E-state index < -0.39 is 0 Å². The van der Waals surface area contributed by atoms with Crippen LogP contribution in [0.2, 0.25) is 0 Å². The molecule has 2 rings (SSSR count). The number of nitrogens with zero attached hydrogens (tertiary/aromatic N) is 4. The number of carbonyl (C=O) groups is 1. The molecule has 0 fully saturated rings. The number of amides is 1. The standard InChI is InChI=1S/C12H17N5OS/c1-4-5-17-11(13-7-14-17)8(2)15-12(18)10-6-19-9(3)16-10/h6-8H,4-5H2,1-3H3,(H,15,18)/t8-/m0/s1. The fourth-order valence-electron chi connectivity index (χ4n) is 1.80. The van der Waals surface area contributed by atoms with E-state index in [2.05, 4.69) is 27.3 Å². The van der Waals surface area contributed by atoms with Gasteiger partial charge in [0.15, 0.2) is 0 Å². The van der Waals surface area contributed by atoms with Crippen molar-refractivity contribution in [3.8, 4) is 0 Å². The molecule has 1 atom stereocenters. The number of hydrogen-bond donors (Lipinski definition) is 1. The zero-order valence-electron chi connectivity index (χ0n) is 11.3. The monoisotopic (exact) mass is 279 g/mol. The van der Waals surface area contributed by atoms with Crippen LogP contribution in [0, 0.1) is 6.92 Å². The lowest BCUT2D eigenvalue weighted by molar-refractivity contribution is 0.0933. The Morgan fingerprint density at radius 2 is 2.37 bits per heavy atom. The Balaban J connectivity index is 2.06. The van der Waals surface area contributed by atoms with E-state index in [0.717, 1.165) is 23.8 Å². The average molecular weight is 279 g/mol. The summed E-state index contributed by atoms with van der Waals surface area (Å²) in [5.74, 6) is 0.588. The van der Waals surface area contributed by atoms with Crippen LogP contribution in [0.25, 0.3) is 0 Å². The molecule has 0 saturated heterocycles. The number of hydrogen-bond acceptors (Lipinski definition) is 5. The van der Waals surface area contributed by atoms with Gasteiger partial charge < -0.3 is 5.32 Å². The molecule has 0 aromatic carbocycles. The first-order valence-electron chi connectivity index (χ1n) is 6.22. The molecule has 0 radical (unpaired) electrons. The first-order valence-corrected chi connectivity index (χ1v) is 7.10. The van der Waals surface area contributed by atoms with Gasteiger partial charge in [-0.1, -0.05) is 6.92 Å². The number of aromatic nitrogens is 4. The third kappa shape index (κ3) is 3.17. The van der Waals surface area contributed by atoms with Crippen molar-refractivity contribution in [1.82, 2.24) is 25.1 Å². The highest BCUT2D eigenvalue weighted by Crippen LogP contribution is 2.12. The van der Waals surface area contributed by atoms with Gasteiger partial charge in [0.25, 0.3) is 5.91 Å². The SMILES string of the molecule is CCCn1ncnc1[C@H](C)NC(=O)c1csc(C)n1. The fourth-order valence-corrected chi connectivity index (χ4v) is 2.39. The molecule has 2 aromatic heterocycles. The molecule has 6 nitrogen and oxygen atoms in total. The number of thiazole rings is 1. The smallest absolute Gasteiger partial charge is 0.271 e. The molecule has 0 unspecified atom stereocenters. The molecule has 0 aliphatic carbocycles. The summed E-state index contributed by atoms with van der Waals surface area (Å²) in [4.78, 5) is 20.4. The minimum Gasteiger partial charge on any atom is -0.341 e. The Morgan fingerprint density at radius 3 is 3.00 bits per heavy atom. The van der Waals surface area contributed by atoms with Gasteiger partial charge in [-0.25, -0.2) is 14.6 Å². The largest absolute Gasteiger partial charge is 0.341 e. The molecule has 1 amide bonds. The van der Waals surface area contributed by atoms with Crippen molar-refractivity contribution in [2.24, 2.45) is 0 Å². The van der Waals surface area contributed by atoms with E-state index in [1.165, 1.54) is 17.7 Å². The highest BCUT2D eigenvalue weighted by Gasteiger charge is 2.17. The molecule has 0 aliphatic rings. The van der Waals surface area contributed by atoms with Gasteiger partial charge in [0, 0.05) is 11.9 Å². The number of rotatable bonds is 5. The maximum atomic E-state index is 12.0. The molecule has 0 bridgehead atoms. The molecular weight excluding hydrogens is 262 g/mol. The summed E-state index contributed by atoms with van der Waals surface area (Å²) >= 11 is 1.46. The van der Waals surface area contributed by atoms with Crippen LogP contribution in [0.5, 0.6) is 0 Å². The minimum absolute atomic E-state index is 0.178. The Labute approximate surface area is 115 Å². The molecular formula is C12H17N5OS. The summed E-state index contributed by atoms with van der Waals surface area (Å²) in [5, 5.41) is 9.68. The van der Waals surface area contributed by atoms with Crippen molar-refractivity contribution in [3.63, 3.8) is 0 Å². The van der Waals surface area contributed by atoms with Gasteiger partial charge in [-0.3, -0.25) is 4.79 Å². The van der Waals surface area contributed by atoms with Crippen LogP contribution in [0.1, 0.15) is 47.6 Å². The second kappa shape index (κ2) is 5.92. The van der Waals surface area contributed by atoms with E-state index >= 15 is 0 Å². The van der Waals surface area contributed by atoms with Gasteiger partial charge in [-0.15, -0.1) is 11.3 Å². The highest BCUT2D eigenvalue weighted by molar-refractivity contribution is 7.09. The maximum absolute atomic E-state index is 12.0. The maximum Gasteiger partial charge on any atom is 0.271 e. The minimum atomic E-state index is -0.191. The first kappa shape index (κ1) is 13.7. The topological polar surface area (TPSA) is 72.7 Å². The summed E-state index contributed by atoms with van der Waals surface area (Å²) in [7, 11) is 0.